The van der Waals surface area contributed by atoms with Crippen molar-refractivity contribution >= 4 is 21.7 Å². The van der Waals surface area contributed by atoms with Gasteiger partial charge in [0.15, 0.2) is 0 Å². The van der Waals surface area contributed by atoms with Crippen molar-refractivity contribution in [3.63, 3.8) is 0 Å². The number of urea groups is 1. The van der Waals surface area contributed by atoms with Crippen LogP contribution in [0.2, 0.25) is 0 Å². The lowest BCUT2D eigenvalue weighted by Gasteiger charge is -2.09. The standard InChI is InChI=1S/C16H19N3O3S/c1-12-4-2-3-5-13(12)10-11-18-16(20)19-14-6-8-15(9-7-14)23(17,21)22/h2-9H,10-11H2,1H3,(H2,17,21,22)(H2,18,19,20). The molecule has 7 heteroatoms. The molecule has 0 unspecified atom stereocenters. The number of hydrogen-bond acceptors (Lipinski definition) is 3. The summed E-state index contributed by atoms with van der Waals surface area (Å²) < 4.78 is 22.3. The lowest BCUT2D eigenvalue weighted by molar-refractivity contribution is 0.252. The number of aryl methyl sites for hydroxylation is 1. The van der Waals surface area contributed by atoms with Crippen LogP contribution in [0.3, 0.4) is 0 Å². The zero-order chi connectivity index (χ0) is 16.9. The molecule has 0 aliphatic rings. The van der Waals surface area contributed by atoms with E-state index < -0.39 is 10.0 Å². The third-order valence-electron chi connectivity index (χ3n) is 3.38. The number of nitrogens with one attached hydrogen (secondary N) is 2. The molecule has 0 spiro atoms. The number of anilines is 1. The molecule has 4 N–H and O–H groups in total. The van der Waals surface area contributed by atoms with Crippen LogP contribution in [-0.4, -0.2) is 21.0 Å². The second-order valence-corrected chi connectivity index (χ2v) is 6.69. The minimum atomic E-state index is -3.73. The lowest BCUT2D eigenvalue weighted by atomic mass is 10.1. The Morgan fingerprint density at radius 3 is 2.35 bits per heavy atom. The van der Waals surface area contributed by atoms with Crippen molar-refractivity contribution in [2.75, 3.05) is 11.9 Å². The van der Waals surface area contributed by atoms with Crippen LogP contribution in [0.5, 0.6) is 0 Å². The second kappa shape index (κ2) is 7.26. The molecule has 2 aromatic rings. The van der Waals surface area contributed by atoms with E-state index in [1.54, 1.807) is 0 Å². The smallest absolute Gasteiger partial charge is 0.319 e. The van der Waals surface area contributed by atoms with Crippen LogP contribution in [0.1, 0.15) is 11.1 Å². The molecule has 0 fully saturated rings. The summed E-state index contributed by atoms with van der Waals surface area (Å²) in [6.45, 7) is 2.54. The maximum atomic E-state index is 11.8. The Labute approximate surface area is 135 Å². The number of benzene rings is 2. The van der Waals surface area contributed by atoms with E-state index in [1.807, 2.05) is 31.2 Å². The third-order valence-corrected chi connectivity index (χ3v) is 4.31. The van der Waals surface area contributed by atoms with E-state index in [2.05, 4.69) is 10.6 Å². The SMILES string of the molecule is Cc1ccccc1CCNC(=O)Nc1ccc(S(N)(=O)=O)cc1. The lowest BCUT2D eigenvalue weighted by Crippen LogP contribution is -2.30. The van der Waals surface area contributed by atoms with E-state index >= 15 is 0 Å². The molecular formula is C16H19N3O3S. The number of amides is 2. The molecule has 0 radical (unpaired) electrons. The Hall–Kier alpha value is -2.38. The molecule has 2 amide bonds. The topological polar surface area (TPSA) is 101 Å². The molecule has 0 bridgehead atoms. The minimum Gasteiger partial charge on any atom is -0.338 e. The van der Waals surface area contributed by atoms with Gasteiger partial charge >= 0.3 is 6.03 Å². The van der Waals surface area contributed by atoms with Crippen LogP contribution in [0.4, 0.5) is 10.5 Å². The summed E-state index contributed by atoms with van der Waals surface area (Å²) in [6, 6.07) is 13.3. The van der Waals surface area contributed by atoms with Gasteiger partial charge in [0.25, 0.3) is 0 Å². The molecule has 23 heavy (non-hydrogen) atoms. The minimum absolute atomic E-state index is 0.00279. The first-order valence-corrected chi connectivity index (χ1v) is 8.63. The molecule has 6 nitrogen and oxygen atoms in total. The normalized spacial score (nSPS) is 11.0. The summed E-state index contributed by atoms with van der Waals surface area (Å²) in [4.78, 5) is 11.8. The fourth-order valence-corrected chi connectivity index (χ4v) is 2.62. The van der Waals surface area contributed by atoms with Crippen LogP contribution >= 0.6 is 0 Å². The van der Waals surface area contributed by atoms with Crippen LogP contribution in [-0.2, 0) is 16.4 Å². The van der Waals surface area contributed by atoms with E-state index in [-0.39, 0.29) is 10.9 Å². The van der Waals surface area contributed by atoms with E-state index in [0.717, 1.165) is 6.42 Å². The maximum absolute atomic E-state index is 11.8. The van der Waals surface area contributed by atoms with Gasteiger partial charge in [-0.3, -0.25) is 0 Å². The van der Waals surface area contributed by atoms with Crippen molar-refractivity contribution in [3.8, 4) is 0 Å². The summed E-state index contributed by atoms with van der Waals surface area (Å²) in [5.41, 5.74) is 2.87. The van der Waals surface area contributed by atoms with Crippen molar-refractivity contribution in [2.24, 2.45) is 5.14 Å². The van der Waals surface area contributed by atoms with Crippen molar-refractivity contribution < 1.29 is 13.2 Å². The first-order valence-electron chi connectivity index (χ1n) is 7.08. The highest BCUT2D eigenvalue weighted by atomic mass is 32.2. The molecular weight excluding hydrogens is 314 g/mol. The molecule has 2 rings (SSSR count). The van der Waals surface area contributed by atoms with Gasteiger partial charge in [-0.25, -0.2) is 18.4 Å². The number of primary sulfonamides is 1. The van der Waals surface area contributed by atoms with Gasteiger partial charge in [0, 0.05) is 12.2 Å². The molecule has 0 aliphatic carbocycles. The molecule has 0 aromatic heterocycles. The maximum Gasteiger partial charge on any atom is 0.319 e. The molecule has 0 aliphatic heterocycles. The first kappa shape index (κ1) is 17.0. The molecule has 0 saturated heterocycles. The summed E-state index contributed by atoms with van der Waals surface area (Å²) >= 11 is 0. The Morgan fingerprint density at radius 1 is 1.09 bits per heavy atom. The summed E-state index contributed by atoms with van der Waals surface area (Å²) in [7, 11) is -3.73. The predicted octanol–water partition coefficient (Wildman–Crippen LogP) is 2.01. The fraction of sp³-hybridized carbons (Fsp3) is 0.188. The quantitative estimate of drug-likeness (QED) is 0.780. The average molecular weight is 333 g/mol. The summed E-state index contributed by atoms with van der Waals surface area (Å²) in [5, 5.41) is 10.4. The highest BCUT2D eigenvalue weighted by Crippen LogP contribution is 2.12. The third kappa shape index (κ3) is 5.08. The monoisotopic (exact) mass is 333 g/mol. The average Bonchev–Trinajstić information content (AvgIpc) is 2.49. The van der Waals surface area contributed by atoms with Crippen LogP contribution in [0.15, 0.2) is 53.4 Å². The van der Waals surface area contributed by atoms with Crippen LogP contribution in [0, 0.1) is 6.92 Å². The van der Waals surface area contributed by atoms with Crippen molar-refractivity contribution in [1.29, 1.82) is 0 Å². The van der Waals surface area contributed by atoms with Crippen molar-refractivity contribution in [2.45, 2.75) is 18.2 Å². The van der Waals surface area contributed by atoms with Gasteiger partial charge in [0.2, 0.25) is 10.0 Å². The number of sulfonamides is 1. The molecule has 0 atom stereocenters. The Morgan fingerprint density at radius 2 is 1.74 bits per heavy atom. The van der Waals surface area contributed by atoms with E-state index in [9.17, 15) is 13.2 Å². The van der Waals surface area contributed by atoms with Crippen LogP contribution in [0.25, 0.3) is 0 Å². The second-order valence-electron chi connectivity index (χ2n) is 5.13. The van der Waals surface area contributed by atoms with Crippen molar-refractivity contribution in [1.82, 2.24) is 5.32 Å². The highest BCUT2D eigenvalue weighted by Gasteiger charge is 2.08. The Kier molecular flexibility index (Phi) is 5.36. The number of carbonyl (C=O) groups is 1. The Balaban J connectivity index is 1.84. The zero-order valence-electron chi connectivity index (χ0n) is 12.7. The number of carbonyl (C=O) groups excluding carboxylic acids is 1. The molecule has 0 heterocycles. The number of nitrogens with two attached hydrogens (primary N) is 1. The zero-order valence-corrected chi connectivity index (χ0v) is 13.6. The Bertz CT molecular complexity index is 786. The largest absolute Gasteiger partial charge is 0.338 e. The van der Waals surface area contributed by atoms with Crippen LogP contribution < -0.4 is 15.8 Å². The molecule has 122 valence electrons. The van der Waals surface area contributed by atoms with E-state index in [0.29, 0.717) is 12.2 Å². The van der Waals surface area contributed by atoms with Gasteiger partial charge in [-0.1, -0.05) is 24.3 Å². The van der Waals surface area contributed by atoms with Crippen molar-refractivity contribution in [3.05, 3.63) is 59.7 Å². The van der Waals surface area contributed by atoms with Gasteiger partial charge in [0.05, 0.1) is 4.90 Å². The molecule has 0 saturated carbocycles. The van der Waals surface area contributed by atoms with Gasteiger partial charge in [-0.15, -0.1) is 0 Å². The number of rotatable bonds is 5. The predicted molar refractivity (Wildman–Crippen MR) is 89.7 cm³/mol. The van der Waals surface area contributed by atoms with E-state index in [4.69, 9.17) is 5.14 Å². The molecule has 2 aromatic carbocycles. The highest BCUT2D eigenvalue weighted by molar-refractivity contribution is 7.89. The first-order chi connectivity index (χ1) is 10.9. The summed E-state index contributed by atoms with van der Waals surface area (Å²) in [5.74, 6) is 0. The fourth-order valence-electron chi connectivity index (χ4n) is 2.10. The van der Waals surface area contributed by atoms with Gasteiger partial charge < -0.3 is 10.6 Å². The van der Waals surface area contributed by atoms with Gasteiger partial charge in [-0.05, 0) is 48.7 Å². The summed E-state index contributed by atoms with van der Waals surface area (Å²) in [6.07, 6.45) is 0.741. The van der Waals surface area contributed by atoms with Gasteiger partial charge in [0.1, 0.15) is 0 Å². The number of hydrogen-bond donors (Lipinski definition) is 3. The van der Waals surface area contributed by atoms with E-state index in [1.165, 1.54) is 35.4 Å². The van der Waals surface area contributed by atoms with Gasteiger partial charge in [-0.2, -0.15) is 0 Å².